The van der Waals surface area contributed by atoms with Gasteiger partial charge in [-0.3, -0.25) is 9.59 Å². The molecule has 5 heteroatoms. The van der Waals surface area contributed by atoms with Crippen molar-refractivity contribution < 1.29 is 14.0 Å². The van der Waals surface area contributed by atoms with Gasteiger partial charge >= 0.3 is 0 Å². The molecule has 0 radical (unpaired) electrons. The number of Topliss-reactive ketones (excluding diaryl/α,β-unsaturated/α-hetero) is 1. The van der Waals surface area contributed by atoms with Gasteiger partial charge in [-0.05, 0) is 25.1 Å². The first-order valence-electron chi connectivity index (χ1n) is 7.08. The van der Waals surface area contributed by atoms with Crippen molar-refractivity contribution in [1.82, 2.24) is 5.32 Å². The summed E-state index contributed by atoms with van der Waals surface area (Å²) in [6.45, 7) is 16.5. The Morgan fingerprint density at radius 3 is 2.40 bits per heavy atom. The van der Waals surface area contributed by atoms with Crippen molar-refractivity contribution in [2.45, 2.75) is 51.9 Å². The van der Waals surface area contributed by atoms with Gasteiger partial charge in [-0.1, -0.05) is 26.8 Å². The molecule has 1 rings (SSSR count). The van der Waals surface area contributed by atoms with Gasteiger partial charge in [0.15, 0.2) is 8.32 Å². The summed E-state index contributed by atoms with van der Waals surface area (Å²) >= 11 is 0. The fraction of sp³-hybridized carbons (Fsp3) is 0.733. The SMILES string of the molecule is C=C[C@@H]1[C@H](C(C)=O)C(=O)N[C@@H]1CO[Si](C)(C)C(C)(C)C. The van der Waals surface area contributed by atoms with Gasteiger partial charge in [0.25, 0.3) is 0 Å². The molecule has 114 valence electrons. The summed E-state index contributed by atoms with van der Waals surface area (Å²) in [6.07, 6.45) is 1.70. The molecule has 1 amide bonds. The minimum atomic E-state index is -1.86. The predicted octanol–water partition coefficient (Wildman–Crippen LogP) is 2.51. The van der Waals surface area contributed by atoms with Crippen LogP contribution in [0.3, 0.4) is 0 Å². The number of amides is 1. The highest BCUT2D eigenvalue weighted by Gasteiger charge is 2.45. The van der Waals surface area contributed by atoms with E-state index in [2.05, 4.69) is 45.8 Å². The highest BCUT2D eigenvalue weighted by atomic mass is 28.4. The van der Waals surface area contributed by atoms with E-state index in [0.29, 0.717) is 6.61 Å². The largest absolute Gasteiger partial charge is 0.415 e. The second kappa shape index (κ2) is 5.82. The Kier molecular flexibility index (Phi) is 4.97. The normalized spacial score (nSPS) is 27.3. The van der Waals surface area contributed by atoms with Crippen LogP contribution in [0, 0.1) is 11.8 Å². The van der Waals surface area contributed by atoms with Crippen LogP contribution in [0.1, 0.15) is 27.7 Å². The first-order chi connectivity index (χ1) is 9.01. The van der Waals surface area contributed by atoms with E-state index in [1.54, 1.807) is 6.08 Å². The van der Waals surface area contributed by atoms with Crippen molar-refractivity contribution in [2.75, 3.05) is 6.61 Å². The van der Waals surface area contributed by atoms with E-state index in [1.807, 2.05) is 0 Å². The molecule has 20 heavy (non-hydrogen) atoms. The van der Waals surface area contributed by atoms with Crippen LogP contribution in [0.25, 0.3) is 0 Å². The number of carbonyl (C=O) groups is 2. The minimum Gasteiger partial charge on any atom is -0.415 e. The predicted molar refractivity (Wildman–Crippen MR) is 82.9 cm³/mol. The molecule has 0 bridgehead atoms. The molecule has 1 saturated heterocycles. The molecular formula is C15H27NO3Si. The monoisotopic (exact) mass is 297 g/mol. The average molecular weight is 297 g/mol. The van der Waals surface area contributed by atoms with Crippen LogP contribution >= 0.6 is 0 Å². The van der Waals surface area contributed by atoms with Crippen LogP contribution in [-0.4, -0.2) is 32.7 Å². The lowest BCUT2D eigenvalue weighted by molar-refractivity contribution is -0.131. The number of nitrogens with one attached hydrogen (secondary N) is 1. The first-order valence-corrected chi connectivity index (χ1v) is 9.99. The molecule has 0 aromatic heterocycles. The van der Waals surface area contributed by atoms with Gasteiger partial charge in [-0.15, -0.1) is 6.58 Å². The lowest BCUT2D eigenvalue weighted by Gasteiger charge is -2.37. The van der Waals surface area contributed by atoms with E-state index in [4.69, 9.17) is 4.43 Å². The highest BCUT2D eigenvalue weighted by Crippen LogP contribution is 2.37. The Hall–Kier alpha value is -0.943. The second-order valence-corrected chi connectivity index (χ2v) is 11.9. The van der Waals surface area contributed by atoms with Crippen molar-refractivity contribution in [3.05, 3.63) is 12.7 Å². The summed E-state index contributed by atoms with van der Waals surface area (Å²) in [5.74, 6) is -1.10. The molecule has 3 atom stereocenters. The zero-order valence-electron chi connectivity index (χ0n) is 13.4. The molecule has 0 spiro atoms. The summed E-state index contributed by atoms with van der Waals surface area (Å²) in [4.78, 5) is 23.5. The quantitative estimate of drug-likeness (QED) is 0.482. The van der Waals surface area contributed by atoms with Crippen LogP contribution < -0.4 is 5.32 Å². The van der Waals surface area contributed by atoms with Gasteiger partial charge in [0.2, 0.25) is 5.91 Å². The smallest absolute Gasteiger partial charge is 0.231 e. The first kappa shape index (κ1) is 17.1. The number of carbonyl (C=O) groups excluding carboxylic acids is 2. The van der Waals surface area contributed by atoms with E-state index in [-0.39, 0.29) is 28.7 Å². The molecular weight excluding hydrogens is 270 g/mol. The van der Waals surface area contributed by atoms with E-state index in [0.717, 1.165) is 0 Å². The van der Waals surface area contributed by atoms with Gasteiger partial charge in [-0.25, -0.2) is 0 Å². The Balaban J connectivity index is 2.77. The lowest BCUT2D eigenvalue weighted by Crippen LogP contribution is -2.45. The molecule has 1 aliphatic rings. The molecule has 0 aromatic carbocycles. The van der Waals surface area contributed by atoms with Gasteiger partial charge in [0.05, 0.1) is 12.6 Å². The van der Waals surface area contributed by atoms with E-state index in [1.165, 1.54) is 6.92 Å². The van der Waals surface area contributed by atoms with Crippen LogP contribution in [0.15, 0.2) is 12.7 Å². The standard InChI is InChI=1S/C15H27NO3Si/c1-8-11-12(16-14(18)13(11)10(2)17)9-19-20(6,7)15(3,4)5/h8,11-13H,1,9H2,2-7H3,(H,16,18)/t11-,12+,13-/m0/s1. The van der Waals surface area contributed by atoms with Crippen molar-refractivity contribution in [3.8, 4) is 0 Å². The topological polar surface area (TPSA) is 55.4 Å². The van der Waals surface area contributed by atoms with Gasteiger partial charge in [-0.2, -0.15) is 0 Å². The Morgan fingerprint density at radius 2 is 2.00 bits per heavy atom. The zero-order chi connectivity index (χ0) is 15.7. The summed E-state index contributed by atoms with van der Waals surface area (Å²) < 4.78 is 6.15. The number of rotatable bonds is 5. The third kappa shape index (κ3) is 3.38. The molecule has 0 aliphatic carbocycles. The number of hydrogen-bond donors (Lipinski definition) is 1. The molecule has 4 nitrogen and oxygen atoms in total. The molecule has 1 heterocycles. The van der Waals surface area contributed by atoms with Gasteiger partial charge in [0, 0.05) is 5.92 Å². The van der Waals surface area contributed by atoms with Crippen molar-refractivity contribution >= 4 is 20.0 Å². The molecule has 0 saturated carbocycles. The minimum absolute atomic E-state index is 0.109. The molecule has 1 N–H and O–H groups in total. The maximum Gasteiger partial charge on any atom is 0.231 e. The fourth-order valence-electron chi connectivity index (χ4n) is 2.20. The fourth-order valence-corrected chi connectivity index (χ4v) is 3.23. The lowest BCUT2D eigenvalue weighted by atomic mass is 9.88. The average Bonchev–Trinajstić information content (AvgIpc) is 2.61. The van der Waals surface area contributed by atoms with Gasteiger partial charge in [0.1, 0.15) is 11.7 Å². The van der Waals surface area contributed by atoms with Crippen LogP contribution in [0.2, 0.25) is 18.1 Å². The molecule has 0 unspecified atom stereocenters. The summed E-state index contributed by atoms with van der Waals surface area (Å²) in [5.41, 5.74) is 0. The van der Waals surface area contributed by atoms with E-state index in [9.17, 15) is 9.59 Å². The van der Waals surface area contributed by atoms with Crippen LogP contribution in [0.5, 0.6) is 0 Å². The molecule has 1 fully saturated rings. The number of hydrogen-bond acceptors (Lipinski definition) is 3. The van der Waals surface area contributed by atoms with Crippen LogP contribution in [0.4, 0.5) is 0 Å². The Morgan fingerprint density at radius 1 is 1.45 bits per heavy atom. The van der Waals surface area contributed by atoms with Crippen molar-refractivity contribution in [2.24, 2.45) is 11.8 Å². The zero-order valence-corrected chi connectivity index (χ0v) is 14.4. The van der Waals surface area contributed by atoms with Crippen molar-refractivity contribution in [3.63, 3.8) is 0 Å². The second-order valence-electron chi connectivity index (χ2n) is 7.09. The summed E-state index contributed by atoms with van der Waals surface area (Å²) in [6, 6.07) is -0.150. The van der Waals surface area contributed by atoms with E-state index < -0.39 is 14.2 Å². The summed E-state index contributed by atoms with van der Waals surface area (Å²) in [5, 5.41) is 3.00. The van der Waals surface area contributed by atoms with Crippen molar-refractivity contribution in [1.29, 1.82) is 0 Å². The summed E-state index contributed by atoms with van der Waals surface area (Å²) in [7, 11) is -1.86. The maximum atomic E-state index is 11.9. The molecule has 1 aliphatic heterocycles. The van der Waals surface area contributed by atoms with Gasteiger partial charge < -0.3 is 9.74 Å². The Labute approximate surface area is 123 Å². The maximum absolute atomic E-state index is 11.9. The Bertz CT molecular complexity index is 412. The third-order valence-electron chi connectivity index (χ3n) is 4.60. The third-order valence-corrected chi connectivity index (χ3v) is 9.10. The number of ketones is 1. The van der Waals surface area contributed by atoms with Crippen LogP contribution in [-0.2, 0) is 14.0 Å². The molecule has 0 aromatic rings. The van der Waals surface area contributed by atoms with E-state index >= 15 is 0 Å². The highest BCUT2D eigenvalue weighted by molar-refractivity contribution is 6.74.